The lowest BCUT2D eigenvalue weighted by molar-refractivity contribution is -0.274. The first-order chi connectivity index (χ1) is 11.7. The molecular formula is C16H20ClF3N2O4. The molecule has 0 bridgehead atoms. The minimum atomic E-state index is -4.72. The van der Waals surface area contributed by atoms with Crippen LogP contribution in [0.15, 0.2) is 24.3 Å². The second-order valence-corrected chi connectivity index (χ2v) is 5.76. The molecule has 10 heteroatoms. The number of rotatable bonds is 7. The van der Waals surface area contributed by atoms with Gasteiger partial charge in [0.15, 0.2) is 0 Å². The molecule has 1 aromatic carbocycles. The van der Waals surface area contributed by atoms with Gasteiger partial charge in [-0.3, -0.25) is 14.5 Å². The zero-order chi connectivity index (χ0) is 18.4. The molecule has 1 heterocycles. The summed E-state index contributed by atoms with van der Waals surface area (Å²) in [5.41, 5.74) is 0.749. The molecule has 0 aliphatic carbocycles. The lowest BCUT2D eigenvalue weighted by Gasteiger charge is -2.20. The highest BCUT2D eigenvalue weighted by Gasteiger charge is 2.32. The monoisotopic (exact) mass is 396 g/mol. The van der Waals surface area contributed by atoms with Crippen molar-refractivity contribution in [1.82, 2.24) is 10.2 Å². The topological polar surface area (TPSA) is 78.9 Å². The van der Waals surface area contributed by atoms with E-state index in [0.29, 0.717) is 25.9 Å². The van der Waals surface area contributed by atoms with E-state index in [9.17, 15) is 22.8 Å². The van der Waals surface area contributed by atoms with Crippen molar-refractivity contribution in [3.05, 3.63) is 29.8 Å². The van der Waals surface area contributed by atoms with Crippen LogP contribution < -0.4 is 10.1 Å². The normalized spacial score (nSPS) is 17.4. The molecule has 1 fully saturated rings. The highest BCUT2D eigenvalue weighted by atomic mass is 35.5. The molecule has 1 unspecified atom stereocenters. The van der Waals surface area contributed by atoms with Gasteiger partial charge in [0, 0.05) is 6.54 Å². The van der Waals surface area contributed by atoms with Crippen molar-refractivity contribution in [3.63, 3.8) is 0 Å². The van der Waals surface area contributed by atoms with Crippen molar-refractivity contribution in [3.8, 4) is 5.75 Å². The highest BCUT2D eigenvalue weighted by molar-refractivity contribution is 5.85. The number of carboxylic acids is 1. The molecule has 6 nitrogen and oxygen atoms in total. The Bertz CT molecular complexity index is 611. The van der Waals surface area contributed by atoms with Crippen LogP contribution in [0.5, 0.6) is 5.75 Å². The minimum Gasteiger partial charge on any atom is -0.480 e. The number of likely N-dealkylation sites (tertiary alicyclic amines) is 1. The molecule has 1 aliphatic heterocycles. The van der Waals surface area contributed by atoms with E-state index in [1.54, 1.807) is 4.90 Å². The first kappa shape index (κ1) is 22.0. The summed E-state index contributed by atoms with van der Waals surface area (Å²) in [5.74, 6) is -1.49. The van der Waals surface area contributed by atoms with Crippen LogP contribution >= 0.6 is 12.4 Å². The summed E-state index contributed by atoms with van der Waals surface area (Å²) in [5, 5.41) is 11.7. The summed E-state index contributed by atoms with van der Waals surface area (Å²) in [6.07, 6.45) is -3.00. The van der Waals surface area contributed by atoms with Crippen molar-refractivity contribution in [2.75, 3.05) is 19.6 Å². The number of aliphatic carboxylic acids is 1. The van der Waals surface area contributed by atoms with E-state index in [-0.39, 0.29) is 30.6 Å². The quantitative estimate of drug-likeness (QED) is 0.739. The summed E-state index contributed by atoms with van der Waals surface area (Å²) >= 11 is 0. The molecule has 0 aromatic heterocycles. The van der Waals surface area contributed by atoms with Gasteiger partial charge in [-0.15, -0.1) is 25.6 Å². The second kappa shape index (κ2) is 9.63. The largest absolute Gasteiger partial charge is 0.573 e. The van der Waals surface area contributed by atoms with E-state index in [2.05, 4.69) is 10.1 Å². The zero-order valence-electron chi connectivity index (χ0n) is 13.8. The van der Waals surface area contributed by atoms with Gasteiger partial charge >= 0.3 is 12.3 Å². The number of nitrogens with one attached hydrogen (secondary N) is 1. The number of amides is 1. The Morgan fingerprint density at radius 1 is 1.27 bits per heavy atom. The molecule has 0 radical (unpaired) electrons. The zero-order valence-corrected chi connectivity index (χ0v) is 14.6. The molecule has 0 saturated carbocycles. The van der Waals surface area contributed by atoms with Gasteiger partial charge < -0.3 is 15.2 Å². The minimum absolute atomic E-state index is 0. The lowest BCUT2D eigenvalue weighted by atomic mass is 10.1. The van der Waals surface area contributed by atoms with Gasteiger partial charge in [0.25, 0.3) is 0 Å². The summed E-state index contributed by atoms with van der Waals surface area (Å²) in [4.78, 5) is 24.6. The van der Waals surface area contributed by atoms with Crippen molar-refractivity contribution < 1.29 is 32.6 Å². The Balaban J connectivity index is 0.00000338. The van der Waals surface area contributed by atoms with Gasteiger partial charge in [0.05, 0.1) is 6.54 Å². The van der Waals surface area contributed by atoms with Crippen LogP contribution in [0.3, 0.4) is 0 Å². The first-order valence-corrected chi connectivity index (χ1v) is 7.83. The molecule has 1 aromatic rings. The molecule has 1 atom stereocenters. The number of hydrogen-bond acceptors (Lipinski definition) is 4. The summed E-state index contributed by atoms with van der Waals surface area (Å²) in [7, 11) is 0. The van der Waals surface area contributed by atoms with Gasteiger partial charge in [-0.1, -0.05) is 12.1 Å². The summed E-state index contributed by atoms with van der Waals surface area (Å²) in [6, 6.07) is 4.80. The Morgan fingerprint density at radius 3 is 2.50 bits per heavy atom. The molecule has 1 aliphatic rings. The Morgan fingerprint density at radius 2 is 1.92 bits per heavy atom. The van der Waals surface area contributed by atoms with Crippen LogP contribution in [-0.2, 0) is 16.0 Å². The van der Waals surface area contributed by atoms with Crippen LogP contribution in [-0.4, -0.2) is 53.9 Å². The van der Waals surface area contributed by atoms with E-state index in [1.165, 1.54) is 24.3 Å². The number of halogens is 4. The van der Waals surface area contributed by atoms with E-state index < -0.39 is 18.4 Å². The van der Waals surface area contributed by atoms with Gasteiger partial charge in [-0.05, 0) is 43.5 Å². The lowest BCUT2D eigenvalue weighted by Crippen LogP contribution is -2.43. The Hall–Kier alpha value is -2.00. The van der Waals surface area contributed by atoms with Crippen LogP contribution in [0.25, 0.3) is 0 Å². The van der Waals surface area contributed by atoms with Gasteiger partial charge in [-0.25, -0.2) is 0 Å². The number of hydrogen-bond donors (Lipinski definition) is 2. The second-order valence-electron chi connectivity index (χ2n) is 5.76. The molecule has 146 valence electrons. The number of carboxylic acid groups (broad SMARTS) is 1. The molecule has 0 spiro atoms. The van der Waals surface area contributed by atoms with Crippen molar-refractivity contribution in [2.45, 2.75) is 31.7 Å². The van der Waals surface area contributed by atoms with Gasteiger partial charge in [0.1, 0.15) is 11.8 Å². The molecule has 2 N–H and O–H groups in total. The number of ether oxygens (including phenoxy) is 1. The van der Waals surface area contributed by atoms with Crippen molar-refractivity contribution >= 4 is 24.3 Å². The van der Waals surface area contributed by atoms with Crippen LogP contribution in [0, 0.1) is 0 Å². The van der Waals surface area contributed by atoms with Gasteiger partial charge in [0.2, 0.25) is 5.91 Å². The number of carbonyl (C=O) groups excluding carboxylic acids is 1. The van der Waals surface area contributed by atoms with Crippen LogP contribution in [0.2, 0.25) is 0 Å². The molecule has 1 saturated heterocycles. The molecule has 2 rings (SSSR count). The molecular weight excluding hydrogens is 377 g/mol. The number of alkyl halides is 3. The fraction of sp³-hybridized carbons (Fsp3) is 0.500. The maximum atomic E-state index is 12.1. The maximum absolute atomic E-state index is 12.1. The van der Waals surface area contributed by atoms with Crippen molar-refractivity contribution in [2.24, 2.45) is 0 Å². The van der Waals surface area contributed by atoms with Crippen molar-refractivity contribution in [1.29, 1.82) is 0 Å². The Kier molecular flexibility index (Phi) is 8.16. The fourth-order valence-electron chi connectivity index (χ4n) is 2.74. The average molecular weight is 397 g/mol. The summed E-state index contributed by atoms with van der Waals surface area (Å²) < 4.78 is 40.0. The first-order valence-electron chi connectivity index (χ1n) is 7.83. The third-order valence-corrected chi connectivity index (χ3v) is 3.89. The van der Waals surface area contributed by atoms with Crippen LogP contribution in [0.1, 0.15) is 18.4 Å². The van der Waals surface area contributed by atoms with Gasteiger partial charge in [-0.2, -0.15) is 0 Å². The Labute approximate surface area is 154 Å². The number of nitrogens with zero attached hydrogens (tertiary/aromatic N) is 1. The average Bonchev–Trinajstić information content (AvgIpc) is 2.96. The van der Waals surface area contributed by atoms with E-state index in [4.69, 9.17) is 5.11 Å². The van der Waals surface area contributed by atoms with E-state index in [1.807, 2.05) is 0 Å². The third-order valence-electron chi connectivity index (χ3n) is 3.89. The van der Waals surface area contributed by atoms with E-state index >= 15 is 0 Å². The molecule has 26 heavy (non-hydrogen) atoms. The highest BCUT2D eigenvalue weighted by Crippen LogP contribution is 2.22. The predicted octanol–water partition coefficient (Wildman–Crippen LogP) is 2.21. The SMILES string of the molecule is Cl.O=C(CN1CCCC1C(=O)O)NCCc1ccc(OC(F)(F)F)cc1. The summed E-state index contributed by atoms with van der Waals surface area (Å²) in [6.45, 7) is 0.907. The fourth-order valence-corrected chi connectivity index (χ4v) is 2.74. The van der Waals surface area contributed by atoms with Crippen LogP contribution in [0.4, 0.5) is 13.2 Å². The van der Waals surface area contributed by atoms with E-state index in [0.717, 1.165) is 12.0 Å². The smallest absolute Gasteiger partial charge is 0.480 e. The standard InChI is InChI=1S/C16H19F3N2O4.ClH/c17-16(18,19)25-12-5-3-11(4-6-12)7-8-20-14(22)10-21-9-1-2-13(21)15(23)24;/h3-6,13H,1-2,7-10H2,(H,20,22)(H,23,24);1H. The number of benzene rings is 1. The predicted molar refractivity (Wildman–Crippen MR) is 89.3 cm³/mol. The number of carbonyl (C=O) groups is 2. The third kappa shape index (κ3) is 7.09. The molecule has 1 amide bonds. The maximum Gasteiger partial charge on any atom is 0.573 e.